The lowest BCUT2D eigenvalue weighted by atomic mass is 9.96. The molecule has 0 aromatic rings. The number of ether oxygens (including phenoxy) is 1. The molecule has 1 amide bonds. The van der Waals surface area contributed by atoms with Crippen molar-refractivity contribution in [3.63, 3.8) is 0 Å². The first-order valence-electron chi connectivity index (χ1n) is 7.94. The molecule has 2 fully saturated rings. The highest BCUT2D eigenvalue weighted by Gasteiger charge is 2.26. The van der Waals surface area contributed by atoms with Crippen LogP contribution < -0.4 is 10.6 Å². The highest BCUT2D eigenvalue weighted by molar-refractivity contribution is 5.85. The summed E-state index contributed by atoms with van der Waals surface area (Å²) in [7, 11) is 1.76. The first kappa shape index (κ1) is 18.7. The SMILES string of the molecule is COCC(C)N1CCCC(CNC(=O)C2CCCN2)C1.Cl. The summed E-state index contributed by atoms with van der Waals surface area (Å²) in [5.41, 5.74) is 0. The minimum absolute atomic E-state index is 0. The summed E-state index contributed by atoms with van der Waals surface area (Å²) in [4.78, 5) is 14.5. The summed E-state index contributed by atoms with van der Waals surface area (Å²) >= 11 is 0. The van der Waals surface area contributed by atoms with E-state index in [0.717, 1.165) is 45.6 Å². The number of carbonyl (C=O) groups excluding carboxylic acids is 1. The lowest BCUT2D eigenvalue weighted by molar-refractivity contribution is -0.123. The van der Waals surface area contributed by atoms with Crippen LogP contribution in [0.5, 0.6) is 0 Å². The number of rotatable bonds is 6. The summed E-state index contributed by atoms with van der Waals surface area (Å²) in [5.74, 6) is 0.762. The van der Waals surface area contributed by atoms with Gasteiger partial charge in [-0.3, -0.25) is 9.69 Å². The van der Waals surface area contributed by atoms with Gasteiger partial charge >= 0.3 is 0 Å². The Hall–Kier alpha value is -0.360. The number of hydrogen-bond donors (Lipinski definition) is 2. The van der Waals surface area contributed by atoms with Gasteiger partial charge in [-0.1, -0.05) is 0 Å². The Bertz CT molecular complexity index is 311. The molecule has 3 unspecified atom stereocenters. The average molecular weight is 320 g/mol. The third-order valence-electron chi connectivity index (χ3n) is 4.52. The van der Waals surface area contributed by atoms with E-state index in [4.69, 9.17) is 4.74 Å². The van der Waals surface area contributed by atoms with Crippen molar-refractivity contribution >= 4 is 18.3 Å². The summed E-state index contributed by atoms with van der Waals surface area (Å²) < 4.78 is 5.24. The molecule has 5 nitrogen and oxygen atoms in total. The molecule has 21 heavy (non-hydrogen) atoms. The lowest BCUT2D eigenvalue weighted by Crippen LogP contribution is -2.48. The first-order valence-corrected chi connectivity index (χ1v) is 7.94. The Balaban J connectivity index is 0.00000220. The van der Waals surface area contributed by atoms with Crippen molar-refractivity contribution in [3.8, 4) is 0 Å². The maximum atomic E-state index is 12.0. The number of nitrogens with zero attached hydrogens (tertiary/aromatic N) is 1. The van der Waals surface area contributed by atoms with Crippen LogP contribution in [-0.4, -0.2) is 62.8 Å². The third kappa shape index (κ3) is 5.74. The molecule has 0 aromatic carbocycles. The zero-order valence-corrected chi connectivity index (χ0v) is 14.1. The Kier molecular flexibility index (Phi) is 8.56. The second-order valence-electron chi connectivity index (χ2n) is 6.20. The molecular formula is C15H30ClN3O2. The summed E-state index contributed by atoms with van der Waals surface area (Å²) in [6, 6.07) is 0.511. The van der Waals surface area contributed by atoms with Crippen molar-refractivity contribution in [2.45, 2.75) is 44.7 Å². The molecule has 6 heteroatoms. The van der Waals surface area contributed by atoms with Crippen LogP contribution in [0.3, 0.4) is 0 Å². The predicted molar refractivity (Wildman–Crippen MR) is 86.9 cm³/mol. The minimum atomic E-state index is 0. The number of nitrogens with one attached hydrogen (secondary N) is 2. The molecule has 2 heterocycles. The van der Waals surface area contributed by atoms with Crippen LogP contribution in [0.25, 0.3) is 0 Å². The molecule has 3 atom stereocenters. The van der Waals surface area contributed by atoms with Crippen molar-refractivity contribution in [1.82, 2.24) is 15.5 Å². The van der Waals surface area contributed by atoms with Crippen LogP contribution in [0.4, 0.5) is 0 Å². The van der Waals surface area contributed by atoms with E-state index in [1.54, 1.807) is 7.11 Å². The lowest BCUT2D eigenvalue weighted by Gasteiger charge is -2.36. The number of piperidine rings is 1. The highest BCUT2D eigenvalue weighted by atomic mass is 35.5. The summed E-state index contributed by atoms with van der Waals surface area (Å²) in [5, 5.41) is 6.38. The Labute approximate surface area is 134 Å². The van der Waals surface area contributed by atoms with Gasteiger partial charge < -0.3 is 15.4 Å². The van der Waals surface area contributed by atoms with E-state index in [1.807, 2.05) is 0 Å². The van der Waals surface area contributed by atoms with E-state index in [0.29, 0.717) is 12.0 Å². The Morgan fingerprint density at radius 1 is 1.43 bits per heavy atom. The van der Waals surface area contributed by atoms with E-state index in [2.05, 4.69) is 22.5 Å². The van der Waals surface area contributed by atoms with Crippen molar-refractivity contribution in [3.05, 3.63) is 0 Å². The molecule has 0 spiro atoms. The largest absolute Gasteiger partial charge is 0.383 e. The van der Waals surface area contributed by atoms with E-state index < -0.39 is 0 Å². The van der Waals surface area contributed by atoms with Crippen molar-refractivity contribution in [2.24, 2.45) is 5.92 Å². The van der Waals surface area contributed by atoms with Gasteiger partial charge in [0, 0.05) is 26.2 Å². The summed E-state index contributed by atoms with van der Waals surface area (Å²) in [6.07, 6.45) is 4.53. The monoisotopic (exact) mass is 319 g/mol. The maximum absolute atomic E-state index is 12.0. The zero-order chi connectivity index (χ0) is 14.4. The second kappa shape index (κ2) is 9.62. The molecule has 124 valence electrons. The number of likely N-dealkylation sites (tertiary alicyclic amines) is 1. The predicted octanol–water partition coefficient (Wildman–Crippen LogP) is 1.02. The van der Waals surface area contributed by atoms with Gasteiger partial charge in [-0.2, -0.15) is 0 Å². The Morgan fingerprint density at radius 2 is 2.24 bits per heavy atom. The standard InChI is InChI=1S/C15H29N3O2.ClH/c1-12(11-20-2)18-8-4-5-13(10-18)9-17-15(19)14-6-3-7-16-14;/h12-14,16H,3-11H2,1-2H3,(H,17,19);1H. The van der Waals surface area contributed by atoms with E-state index in [1.165, 1.54) is 12.8 Å². The van der Waals surface area contributed by atoms with Gasteiger partial charge in [-0.05, 0) is 51.6 Å². The minimum Gasteiger partial charge on any atom is -0.383 e. The van der Waals surface area contributed by atoms with E-state index in [9.17, 15) is 4.79 Å². The van der Waals surface area contributed by atoms with Gasteiger partial charge in [-0.25, -0.2) is 0 Å². The number of methoxy groups -OCH3 is 1. The average Bonchev–Trinajstić information content (AvgIpc) is 2.99. The number of halogens is 1. The number of carbonyl (C=O) groups is 1. The molecule has 2 N–H and O–H groups in total. The van der Waals surface area contributed by atoms with Crippen LogP contribution in [0.2, 0.25) is 0 Å². The fourth-order valence-electron chi connectivity index (χ4n) is 3.29. The molecule has 0 saturated carbocycles. The van der Waals surface area contributed by atoms with Crippen LogP contribution in [0.1, 0.15) is 32.6 Å². The van der Waals surface area contributed by atoms with Crippen molar-refractivity contribution in [2.75, 3.05) is 39.9 Å². The van der Waals surface area contributed by atoms with Crippen LogP contribution in [0, 0.1) is 5.92 Å². The smallest absolute Gasteiger partial charge is 0.237 e. The van der Waals surface area contributed by atoms with E-state index in [-0.39, 0.29) is 24.4 Å². The quantitative estimate of drug-likeness (QED) is 0.767. The van der Waals surface area contributed by atoms with Gasteiger partial charge in [-0.15, -0.1) is 12.4 Å². The van der Waals surface area contributed by atoms with Gasteiger partial charge in [0.1, 0.15) is 0 Å². The topological polar surface area (TPSA) is 53.6 Å². The van der Waals surface area contributed by atoms with Crippen LogP contribution in [0.15, 0.2) is 0 Å². The second-order valence-corrected chi connectivity index (χ2v) is 6.20. The van der Waals surface area contributed by atoms with Gasteiger partial charge in [0.25, 0.3) is 0 Å². The normalized spacial score (nSPS) is 27.9. The van der Waals surface area contributed by atoms with E-state index >= 15 is 0 Å². The van der Waals surface area contributed by atoms with Crippen molar-refractivity contribution in [1.29, 1.82) is 0 Å². The van der Waals surface area contributed by atoms with Gasteiger partial charge in [0.15, 0.2) is 0 Å². The number of hydrogen-bond acceptors (Lipinski definition) is 4. The molecule has 0 radical (unpaired) electrons. The zero-order valence-electron chi connectivity index (χ0n) is 13.3. The third-order valence-corrected chi connectivity index (χ3v) is 4.52. The fourth-order valence-corrected chi connectivity index (χ4v) is 3.29. The molecule has 0 aromatic heterocycles. The highest BCUT2D eigenvalue weighted by Crippen LogP contribution is 2.18. The molecule has 2 saturated heterocycles. The van der Waals surface area contributed by atoms with Crippen LogP contribution in [-0.2, 0) is 9.53 Å². The molecule has 2 rings (SSSR count). The summed E-state index contributed by atoms with van der Waals surface area (Å²) in [6.45, 7) is 7.01. The molecule has 2 aliphatic rings. The van der Waals surface area contributed by atoms with Gasteiger partial charge in [0.05, 0.1) is 12.6 Å². The fraction of sp³-hybridized carbons (Fsp3) is 0.933. The van der Waals surface area contributed by atoms with Crippen LogP contribution >= 0.6 is 12.4 Å². The molecular weight excluding hydrogens is 290 g/mol. The number of amides is 1. The Morgan fingerprint density at radius 3 is 2.90 bits per heavy atom. The van der Waals surface area contributed by atoms with Gasteiger partial charge in [0.2, 0.25) is 5.91 Å². The molecule has 0 aliphatic carbocycles. The first-order chi connectivity index (χ1) is 9.70. The maximum Gasteiger partial charge on any atom is 0.237 e. The van der Waals surface area contributed by atoms with Crippen molar-refractivity contribution < 1.29 is 9.53 Å². The molecule has 2 aliphatic heterocycles. The molecule has 0 bridgehead atoms.